The lowest BCUT2D eigenvalue weighted by atomic mass is 10.1. The summed E-state index contributed by atoms with van der Waals surface area (Å²) >= 11 is 0. The van der Waals surface area contributed by atoms with E-state index < -0.39 is 17.8 Å². The highest BCUT2D eigenvalue weighted by Gasteiger charge is 2.28. The molecule has 4 rings (SSSR count). The number of benzene rings is 2. The first kappa shape index (κ1) is 22.0. The van der Waals surface area contributed by atoms with E-state index in [1.54, 1.807) is 12.4 Å². The van der Waals surface area contributed by atoms with E-state index in [0.29, 0.717) is 11.3 Å². The molecule has 0 spiro atoms. The predicted molar refractivity (Wildman–Crippen MR) is 124 cm³/mol. The lowest BCUT2D eigenvalue weighted by Crippen LogP contribution is -2.41. The number of rotatable bonds is 6. The molecule has 3 aromatic rings. The van der Waals surface area contributed by atoms with Crippen LogP contribution in [0.3, 0.4) is 0 Å². The number of hydrogen-bond donors (Lipinski definition) is 2. The van der Waals surface area contributed by atoms with Crippen molar-refractivity contribution in [1.29, 1.82) is 0 Å². The Hall–Kier alpha value is -4.20. The van der Waals surface area contributed by atoms with Crippen molar-refractivity contribution in [2.45, 2.75) is 12.5 Å². The van der Waals surface area contributed by atoms with E-state index in [0.717, 1.165) is 24.2 Å². The van der Waals surface area contributed by atoms with E-state index in [9.17, 15) is 14.4 Å². The monoisotopic (exact) mass is 444 g/mol. The minimum absolute atomic E-state index is 0.168. The Morgan fingerprint density at radius 2 is 1.82 bits per heavy atom. The molecule has 1 atom stereocenters. The smallest absolute Gasteiger partial charge is 0.337 e. The van der Waals surface area contributed by atoms with Gasteiger partial charge in [-0.1, -0.05) is 24.3 Å². The van der Waals surface area contributed by atoms with Crippen LogP contribution in [0.2, 0.25) is 0 Å². The van der Waals surface area contributed by atoms with E-state index in [1.807, 2.05) is 24.3 Å². The van der Waals surface area contributed by atoms with Gasteiger partial charge in [-0.3, -0.25) is 14.6 Å². The van der Waals surface area contributed by atoms with Crippen LogP contribution >= 0.6 is 0 Å². The minimum atomic E-state index is -0.785. The molecule has 2 amide bonds. The lowest BCUT2D eigenvalue weighted by molar-refractivity contribution is -0.136. The Bertz CT molecular complexity index is 1150. The number of methoxy groups -OCH3 is 1. The van der Waals surface area contributed by atoms with Gasteiger partial charge in [0.15, 0.2) is 0 Å². The number of pyridine rings is 1. The quantitative estimate of drug-likeness (QED) is 0.448. The first-order valence-electron chi connectivity index (χ1n) is 10.6. The summed E-state index contributed by atoms with van der Waals surface area (Å²) in [5.41, 5.74) is 4.08. The van der Waals surface area contributed by atoms with Crippen molar-refractivity contribution in [3.05, 3.63) is 89.7 Å². The van der Waals surface area contributed by atoms with Gasteiger partial charge in [0.25, 0.3) is 0 Å². The van der Waals surface area contributed by atoms with Crippen LogP contribution in [0.5, 0.6) is 0 Å². The number of anilines is 2. The topological polar surface area (TPSA) is 101 Å². The summed E-state index contributed by atoms with van der Waals surface area (Å²) in [6.07, 6.45) is 4.40. The highest BCUT2D eigenvalue weighted by atomic mass is 16.5. The third kappa shape index (κ3) is 5.01. The van der Waals surface area contributed by atoms with Crippen LogP contribution in [0, 0.1) is 0 Å². The van der Waals surface area contributed by atoms with Gasteiger partial charge in [-0.2, -0.15) is 0 Å². The molecular formula is C25H24N4O4. The van der Waals surface area contributed by atoms with Gasteiger partial charge >= 0.3 is 17.8 Å². The Labute approximate surface area is 191 Å². The second kappa shape index (κ2) is 9.95. The van der Waals surface area contributed by atoms with E-state index >= 15 is 0 Å². The molecule has 0 unspecified atom stereocenters. The SMILES string of the molecule is COC(=O)c1ccc(NC(=O)C(=O)NC[C@H](c2cccnc2)N2CCc3ccccc32)cc1. The van der Waals surface area contributed by atoms with Crippen LogP contribution in [-0.2, 0) is 20.7 Å². The van der Waals surface area contributed by atoms with E-state index in [2.05, 4.69) is 37.4 Å². The van der Waals surface area contributed by atoms with Crippen molar-refractivity contribution in [2.24, 2.45) is 0 Å². The first-order valence-corrected chi connectivity index (χ1v) is 10.6. The summed E-state index contributed by atoms with van der Waals surface area (Å²) in [6, 6.07) is 18.0. The number of aromatic nitrogens is 1. The summed E-state index contributed by atoms with van der Waals surface area (Å²) < 4.78 is 4.65. The molecule has 2 heterocycles. The van der Waals surface area contributed by atoms with Gasteiger partial charge in [-0.05, 0) is 53.9 Å². The molecule has 33 heavy (non-hydrogen) atoms. The number of carbonyl (C=O) groups is 3. The molecule has 2 N–H and O–H groups in total. The molecule has 0 radical (unpaired) electrons. The maximum absolute atomic E-state index is 12.5. The number of esters is 1. The zero-order valence-electron chi connectivity index (χ0n) is 18.2. The first-order chi connectivity index (χ1) is 16.1. The molecule has 1 aliphatic heterocycles. The molecule has 0 saturated heterocycles. The van der Waals surface area contributed by atoms with E-state index in [-0.39, 0.29) is 12.6 Å². The highest BCUT2D eigenvalue weighted by molar-refractivity contribution is 6.39. The predicted octanol–water partition coefficient (Wildman–Crippen LogP) is 2.73. The molecule has 1 aromatic heterocycles. The Morgan fingerprint density at radius 1 is 1.03 bits per heavy atom. The van der Waals surface area contributed by atoms with Gasteiger partial charge in [-0.25, -0.2) is 4.79 Å². The van der Waals surface area contributed by atoms with Crippen molar-refractivity contribution >= 4 is 29.2 Å². The summed E-state index contributed by atoms with van der Waals surface area (Å²) in [4.78, 5) is 42.9. The second-order valence-electron chi connectivity index (χ2n) is 7.61. The van der Waals surface area contributed by atoms with Crippen molar-refractivity contribution in [1.82, 2.24) is 10.3 Å². The van der Waals surface area contributed by atoms with Gasteiger partial charge in [0.05, 0.1) is 18.7 Å². The zero-order chi connectivity index (χ0) is 23.2. The zero-order valence-corrected chi connectivity index (χ0v) is 18.2. The summed E-state index contributed by atoms with van der Waals surface area (Å²) in [6.45, 7) is 1.06. The van der Waals surface area contributed by atoms with Gasteiger partial charge in [0.2, 0.25) is 0 Å². The summed E-state index contributed by atoms with van der Waals surface area (Å²) in [5.74, 6) is -2.00. The molecule has 0 saturated carbocycles. The minimum Gasteiger partial charge on any atom is -0.465 e. The lowest BCUT2D eigenvalue weighted by Gasteiger charge is -2.30. The second-order valence-corrected chi connectivity index (χ2v) is 7.61. The van der Waals surface area contributed by atoms with Gasteiger partial charge in [0.1, 0.15) is 0 Å². The number of para-hydroxylation sites is 1. The number of nitrogens with zero attached hydrogens (tertiary/aromatic N) is 2. The Balaban J connectivity index is 1.43. The van der Waals surface area contributed by atoms with Crippen LogP contribution in [0.1, 0.15) is 27.5 Å². The van der Waals surface area contributed by atoms with Gasteiger partial charge in [-0.15, -0.1) is 0 Å². The Kier molecular flexibility index (Phi) is 6.64. The third-order valence-corrected chi connectivity index (χ3v) is 5.59. The number of hydrogen-bond acceptors (Lipinski definition) is 6. The molecule has 2 aromatic carbocycles. The van der Waals surface area contributed by atoms with Gasteiger partial charge in [0, 0.05) is 36.9 Å². The standard InChI is InChI=1S/C25H24N4O4/c1-33-25(32)18-8-10-20(11-9-18)28-24(31)23(30)27-16-22(19-6-4-13-26-15-19)29-14-12-17-5-2-3-7-21(17)29/h2-11,13,15,22H,12,14,16H2,1H3,(H,27,30)(H,28,31)/t22-/m1/s1. The number of nitrogens with one attached hydrogen (secondary N) is 2. The molecule has 1 aliphatic rings. The van der Waals surface area contributed by atoms with E-state index in [1.165, 1.54) is 36.9 Å². The normalized spacial score (nSPS) is 13.1. The molecule has 168 valence electrons. The summed E-state index contributed by atoms with van der Waals surface area (Å²) in [7, 11) is 1.29. The largest absolute Gasteiger partial charge is 0.465 e. The fourth-order valence-electron chi connectivity index (χ4n) is 3.93. The number of amides is 2. The molecule has 8 nitrogen and oxygen atoms in total. The summed E-state index contributed by atoms with van der Waals surface area (Å²) in [5, 5.41) is 5.30. The van der Waals surface area contributed by atoms with Crippen LogP contribution in [-0.4, -0.2) is 43.0 Å². The Morgan fingerprint density at radius 3 is 2.55 bits per heavy atom. The average Bonchev–Trinajstić information content (AvgIpc) is 3.28. The molecule has 0 bridgehead atoms. The third-order valence-electron chi connectivity index (χ3n) is 5.59. The van der Waals surface area contributed by atoms with Crippen molar-refractivity contribution < 1.29 is 19.1 Å². The van der Waals surface area contributed by atoms with Crippen molar-refractivity contribution in [3.63, 3.8) is 0 Å². The maximum atomic E-state index is 12.5. The van der Waals surface area contributed by atoms with Crippen LogP contribution in [0.15, 0.2) is 73.1 Å². The molecule has 0 fully saturated rings. The van der Waals surface area contributed by atoms with Crippen LogP contribution < -0.4 is 15.5 Å². The van der Waals surface area contributed by atoms with Crippen molar-refractivity contribution in [3.8, 4) is 0 Å². The fourth-order valence-corrected chi connectivity index (χ4v) is 3.93. The fraction of sp³-hybridized carbons (Fsp3) is 0.200. The van der Waals surface area contributed by atoms with E-state index in [4.69, 9.17) is 0 Å². The highest BCUT2D eigenvalue weighted by Crippen LogP contribution is 2.34. The molecular weight excluding hydrogens is 420 g/mol. The maximum Gasteiger partial charge on any atom is 0.337 e. The van der Waals surface area contributed by atoms with Crippen LogP contribution in [0.4, 0.5) is 11.4 Å². The average molecular weight is 444 g/mol. The number of carbonyl (C=O) groups excluding carboxylic acids is 3. The number of fused-ring (bicyclic) bond motifs is 1. The van der Waals surface area contributed by atoms with Crippen LogP contribution in [0.25, 0.3) is 0 Å². The van der Waals surface area contributed by atoms with Crippen molar-refractivity contribution in [2.75, 3.05) is 30.4 Å². The van der Waals surface area contributed by atoms with Gasteiger partial charge < -0.3 is 20.3 Å². The number of ether oxygens (including phenoxy) is 1. The molecule has 8 heteroatoms. The molecule has 0 aliphatic carbocycles.